The molecule has 5 aromatic rings. The summed E-state index contributed by atoms with van der Waals surface area (Å²) in [5.74, 6) is 0.888. The molecule has 0 radical (unpaired) electrons. The number of benzene rings is 4. The van der Waals surface area contributed by atoms with E-state index < -0.39 is 0 Å². The minimum Gasteiger partial charge on any atom is -0.489 e. The summed E-state index contributed by atoms with van der Waals surface area (Å²) in [4.78, 5) is 17.2. The summed E-state index contributed by atoms with van der Waals surface area (Å²) in [5.41, 5.74) is 5.71. The van der Waals surface area contributed by atoms with Crippen LogP contribution in [0.3, 0.4) is 0 Å². The molecule has 0 bridgehead atoms. The lowest BCUT2D eigenvalue weighted by Crippen LogP contribution is -2.34. The zero-order chi connectivity index (χ0) is 24.9. The highest BCUT2D eigenvalue weighted by Crippen LogP contribution is 2.26. The molecule has 0 fully saturated rings. The van der Waals surface area contributed by atoms with Crippen molar-refractivity contribution in [1.29, 1.82) is 0 Å². The predicted octanol–water partition coefficient (Wildman–Crippen LogP) is 6.51. The van der Waals surface area contributed by atoms with Crippen LogP contribution in [0.2, 0.25) is 0 Å². The second-order valence-electron chi connectivity index (χ2n) is 8.28. The third-order valence-electron chi connectivity index (χ3n) is 5.50. The maximum atomic E-state index is 12.6. The first kappa shape index (κ1) is 23.3. The van der Waals surface area contributed by atoms with Gasteiger partial charge in [0.2, 0.25) is 5.89 Å². The molecular weight excluding hydrogens is 470 g/mol. The van der Waals surface area contributed by atoms with E-state index in [0.717, 1.165) is 27.8 Å². The lowest BCUT2D eigenvalue weighted by Gasteiger charge is -2.11. The summed E-state index contributed by atoms with van der Waals surface area (Å²) >= 11 is 5.35. The van der Waals surface area contributed by atoms with E-state index in [0.29, 0.717) is 29.5 Å². The van der Waals surface area contributed by atoms with E-state index >= 15 is 0 Å². The van der Waals surface area contributed by atoms with Crippen molar-refractivity contribution in [2.45, 2.75) is 13.5 Å². The fourth-order valence-corrected chi connectivity index (χ4v) is 3.88. The number of oxazole rings is 1. The van der Waals surface area contributed by atoms with E-state index in [9.17, 15) is 4.79 Å². The SMILES string of the molecule is Cc1ccc2oc(-c3cccc(NC(=S)NC(=O)c4ccc(OCc5ccccc5)cc4)c3)nc2c1. The van der Waals surface area contributed by atoms with Crippen molar-refractivity contribution in [3.63, 3.8) is 0 Å². The van der Waals surface area contributed by atoms with Crippen molar-refractivity contribution in [2.75, 3.05) is 5.32 Å². The fraction of sp³-hybridized carbons (Fsp3) is 0.0690. The number of rotatable bonds is 6. The lowest BCUT2D eigenvalue weighted by atomic mass is 10.2. The number of aromatic nitrogens is 1. The Balaban J connectivity index is 1.19. The lowest BCUT2D eigenvalue weighted by molar-refractivity contribution is 0.0977. The first-order valence-corrected chi connectivity index (χ1v) is 11.8. The average Bonchev–Trinajstić information content (AvgIpc) is 3.32. The third-order valence-corrected chi connectivity index (χ3v) is 5.71. The molecular formula is C29H23N3O3S. The van der Waals surface area contributed by atoms with Gasteiger partial charge in [0.05, 0.1) is 0 Å². The molecule has 0 aliphatic heterocycles. The van der Waals surface area contributed by atoms with Crippen molar-refractivity contribution in [3.8, 4) is 17.2 Å². The highest BCUT2D eigenvalue weighted by Gasteiger charge is 2.11. The van der Waals surface area contributed by atoms with Gasteiger partial charge < -0.3 is 14.5 Å². The number of nitrogens with zero attached hydrogens (tertiary/aromatic N) is 1. The van der Waals surface area contributed by atoms with E-state index in [4.69, 9.17) is 21.4 Å². The van der Waals surface area contributed by atoms with Gasteiger partial charge in [0.15, 0.2) is 10.7 Å². The predicted molar refractivity (Wildman–Crippen MR) is 145 cm³/mol. The number of anilines is 1. The van der Waals surface area contributed by atoms with Crippen LogP contribution in [-0.4, -0.2) is 16.0 Å². The zero-order valence-corrected chi connectivity index (χ0v) is 20.3. The maximum absolute atomic E-state index is 12.6. The summed E-state index contributed by atoms with van der Waals surface area (Å²) in [5, 5.41) is 5.95. The number of ether oxygens (including phenoxy) is 1. The number of hydrogen-bond acceptors (Lipinski definition) is 5. The number of nitrogens with one attached hydrogen (secondary N) is 2. The smallest absolute Gasteiger partial charge is 0.257 e. The van der Waals surface area contributed by atoms with Crippen LogP contribution in [0.15, 0.2) is 101 Å². The van der Waals surface area contributed by atoms with Crippen LogP contribution in [0.25, 0.3) is 22.6 Å². The molecule has 1 amide bonds. The van der Waals surface area contributed by atoms with Crippen LogP contribution in [0.1, 0.15) is 21.5 Å². The first-order chi connectivity index (χ1) is 17.5. The zero-order valence-electron chi connectivity index (χ0n) is 19.5. The molecule has 1 heterocycles. The Hall–Kier alpha value is -4.49. The number of hydrogen-bond donors (Lipinski definition) is 2. The molecule has 1 aromatic heterocycles. The van der Waals surface area contributed by atoms with Crippen molar-refractivity contribution in [1.82, 2.24) is 10.3 Å². The molecule has 0 saturated carbocycles. The Morgan fingerprint density at radius 1 is 0.944 bits per heavy atom. The Morgan fingerprint density at radius 3 is 2.56 bits per heavy atom. The third kappa shape index (κ3) is 5.59. The standard InChI is InChI=1S/C29H23N3O3S/c1-19-10-15-26-25(16-19)31-28(35-26)22-8-5-9-23(17-22)30-29(36)32-27(33)21-11-13-24(14-12-21)34-18-20-6-3-2-4-7-20/h2-17H,18H2,1H3,(H2,30,32,33,36). The number of amides is 1. The van der Waals surface area contributed by atoms with Gasteiger partial charge in [-0.15, -0.1) is 0 Å². The Kier molecular flexibility index (Phi) is 6.73. The number of fused-ring (bicyclic) bond motifs is 1. The molecule has 0 aliphatic carbocycles. The second-order valence-corrected chi connectivity index (χ2v) is 8.69. The van der Waals surface area contributed by atoms with Crippen LogP contribution in [0.4, 0.5) is 5.69 Å². The van der Waals surface area contributed by atoms with E-state index in [1.807, 2.05) is 79.7 Å². The molecule has 0 unspecified atom stereocenters. The fourth-order valence-electron chi connectivity index (χ4n) is 3.67. The van der Waals surface area contributed by atoms with Gasteiger partial charge in [0, 0.05) is 16.8 Å². The average molecular weight is 494 g/mol. The molecule has 5 rings (SSSR count). The van der Waals surface area contributed by atoms with Gasteiger partial charge in [-0.25, -0.2) is 4.98 Å². The van der Waals surface area contributed by atoms with Gasteiger partial charge in [-0.1, -0.05) is 42.5 Å². The molecule has 0 saturated heterocycles. The van der Waals surface area contributed by atoms with Crippen LogP contribution in [-0.2, 0) is 6.61 Å². The molecule has 178 valence electrons. The van der Waals surface area contributed by atoms with E-state index in [1.54, 1.807) is 24.3 Å². The number of carbonyl (C=O) groups is 1. The largest absolute Gasteiger partial charge is 0.489 e. The number of carbonyl (C=O) groups excluding carboxylic acids is 1. The molecule has 0 aliphatic rings. The van der Waals surface area contributed by atoms with E-state index in [2.05, 4.69) is 15.6 Å². The number of thiocarbonyl (C=S) groups is 1. The van der Waals surface area contributed by atoms with Gasteiger partial charge in [0.25, 0.3) is 5.91 Å². The second kappa shape index (κ2) is 10.4. The molecule has 2 N–H and O–H groups in total. The molecule has 36 heavy (non-hydrogen) atoms. The monoisotopic (exact) mass is 493 g/mol. The first-order valence-electron chi connectivity index (χ1n) is 11.4. The summed E-state index contributed by atoms with van der Waals surface area (Å²) < 4.78 is 11.7. The van der Waals surface area contributed by atoms with Crippen LogP contribution in [0.5, 0.6) is 5.75 Å². The van der Waals surface area contributed by atoms with Crippen molar-refractivity contribution >= 4 is 40.0 Å². The maximum Gasteiger partial charge on any atom is 0.257 e. The van der Waals surface area contributed by atoms with Crippen molar-refractivity contribution in [3.05, 3.63) is 114 Å². The van der Waals surface area contributed by atoms with Gasteiger partial charge in [-0.05, 0) is 84.9 Å². The van der Waals surface area contributed by atoms with Crippen LogP contribution >= 0.6 is 12.2 Å². The molecule has 4 aromatic carbocycles. The van der Waals surface area contributed by atoms with Crippen molar-refractivity contribution in [2.24, 2.45) is 0 Å². The normalized spacial score (nSPS) is 10.7. The summed E-state index contributed by atoms with van der Waals surface area (Å²) in [6.45, 7) is 2.48. The molecule has 0 spiro atoms. The van der Waals surface area contributed by atoms with Gasteiger partial charge in [-0.2, -0.15) is 0 Å². The molecule has 0 atom stereocenters. The van der Waals surface area contributed by atoms with Crippen LogP contribution in [0, 0.1) is 6.92 Å². The van der Waals surface area contributed by atoms with Gasteiger partial charge in [0.1, 0.15) is 17.9 Å². The minimum atomic E-state index is -0.312. The number of aryl methyl sites for hydroxylation is 1. The highest BCUT2D eigenvalue weighted by atomic mass is 32.1. The van der Waals surface area contributed by atoms with Crippen LogP contribution < -0.4 is 15.4 Å². The molecule has 6 nitrogen and oxygen atoms in total. The quantitative estimate of drug-likeness (QED) is 0.263. The summed E-state index contributed by atoms with van der Waals surface area (Å²) in [6, 6.07) is 30.2. The van der Waals surface area contributed by atoms with E-state index in [1.165, 1.54) is 0 Å². The van der Waals surface area contributed by atoms with E-state index in [-0.39, 0.29) is 11.0 Å². The Labute approximate surface area is 213 Å². The molecule has 7 heteroatoms. The highest BCUT2D eigenvalue weighted by molar-refractivity contribution is 7.80. The summed E-state index contributed by atoms with van der Waals surface area (Å²) in [7, 11) is 0. The topological polar surface area (TPSA) is 76.4 Å². The summed E-state index contributed by atoms with van der Waals surface area (Å²) in [6.07, 6.45) is 0. The minimum absolute atomic E-state index is 0.190. The van der Waals surface area contributed by atoms with Crippen molar-refractivity contribution < 1.29 is 13.9 Å². The van der Waals surface area contributed by atoms with Gasteiger partial charge in [-0.3, -0.25) is 10.1 Å². The Morgan fingerprint density at radius 2 is 1.75 bits per heavy atom. The Bertz CT molecular complexity index is 1530. The van der Waals surface area contributed by atoms with Gasteiger partial charge >= 0.3 is 0 Å².